The zero-order valence-corrected chi connectivity index (χ0v) is 26.5. The molecule has 1 N–H and O–H groups in total. The lowest BCUT2D eigenvalue weighted by Crippen LogP contribution is -2.51. The molecule has 3 aromatic carbocycles. The van der Waals surface area contributed by atoms with E-state index >= 15 is 0 Å². The zero-order valence-electron chi connectivity index (χ0n) is 25.0. The molecular weight excluding hydrogens is 585 g/mol. The number of carbonyl (C=O) groups excluding carboxylic acids is 2. The van der Waals surface area contributed by atoms with Gasteiger partial charge in [0, 0.05) is 52.2 Å². The van der Waals surface area contributed by atoms with E-state index in [0.29, 0.717) is 44.3 Å². The van der Waals surface area contributed by atoms with Crippen LogP contribution in [0.3, 0.4) is 0 Å². The van der Waals surface area contributed by atoms with Crippen molar-refractivity contribution >= 4 is 52.1 Å². The molecule has 1 unspecified atom stereocenters. The number of nitrogens with zero attached hydrogens (tertiary/aromatic N) is 4. The molecular formula is C33H33Cl2N5O3. The number of nitrogens with one attached hydrogen (secondary N) is 1. The SMILES string of the molecule is CCN(CC)c1ccc(-c2nc3c(n2C(C)C)C2(C(=O)Nc4cc(Cl)ccc42)N(c2cc(Cl)ccc2C)C3=O)c(OC)c1. The minimum Gasteiger partial charge on any atom is -0.496 e. The van der Waals surface area contributed by atoms with Gasteiger partial charge in [0.1, 0.15) is 11.6 Å². The number of benzene rings is 3. The normalized spacial score (nSPS) is 17.1. The van der Waals surface area contributed by atoms with Crippen molar-refractivity contribution in [1.82, 2.24) is 9.55 Å². The van der Waals surface area contributed by atoms with Crippen LogP contribution < -0.4 is 19.9 Å². The van der Waals surface area contributed by atoms with Gasteiger partial charge in [-0.05, 0) is 76.6 Å². The summed E-state index contributed by atoms with van der Waals surface area (Å²) >= 11 is 12.8. The van der Waals surface area contributed by atoms with Crippen LogP contribution in [-0.2, 0) is 10.3 Å². The lowest BCUT2D eigenvalue weighted by Gasteiger charge is -2.36. The summed E-state index contributed by atoms with van der Waals surface area (Å²) in [5, 5.41) is 3.94. The molecule has 1 atom stereocenters. The van der Waals surface area contributed by atoms with Gasteiger partial charge in [-0.3, -0.25) is 14.5 Å². The molecule has 8 nitrogen and oxygen atoms in total. The van der Waals surface area contributed by atoms with Crippen molar-refractivity contribution in [2.75, 3.05) is 35.3 Å². The number of aromatic nitrogens is 2. The second-order valence-corrected chi connectivity index (χ2v) is 12.0. The second-order valence-electron chi connectivity index (χ2n) is 11.1. The lowest BCUT2D eigenvalue weighted by molar-refractivity contribution is -0.119. The van der Waals surface area contributed by atoms with E-state index in [9.17, 15) is 9.59 Å². The van der Waals surface area contributed by atoms with E-state index in [0.717, 1.165) is 29.9 Å². The molecule has 222 valence electrons. The minimum atomic E-state index is -1.55. The zero-order chi connectivity index (χ0) is 30.8. The molecule has 0 radical (unpaired) electrons. The molecule has 43 heavy (non-hydrogen) atoms. The number of carbonyl (C=O) groups is 2. The monoisotopic (exact) mass is 617 g/mol. The number of imidazole rings is 1. The van der Waals surface area contributed by atoms with Gasteiger partial charge in [-0.1, -0.05) is 35.3 Å². The summed E-state index contributed by atoms with van der Waals surface area (Å²) in [4.78, 5) is 37.8. The topological polar surface area (TPSA) is 79.7 Å². The van der Waals surface area contributed by atoms with Gasteiger partial charge in [0.15, 0.2) is 11.2 Å². The maximum atomic E-state index is 14.6. The number of hydrogen-bond acceptors (Lipinski definition) is 5. The number of rotatable bonds is 7. The van der Waals surface area contributed by atoms with Crippen LogP contribution in [0.25, 0.3) is 11.4 Å². The first-order valence-corrected chi connectivity index (χ1v) is 15.1. The number of aryl methyl sites for hydroxylation is 1. The third kappa shape index (κ3) is 4.14. The highest BCUT2D eigenvalue weighted by Crippen LogP contribution is 2.55. The highest BCUT2D eigenvalue weighted by Gasteiger charge is 2.64. The van der Waals surface area contributed by atoms with Crippen molar-refractivity contribution in [2.24, 2.45) is 0 Å². The van der Waals surface area contributed by atoms with E-state index in [4.69, 9.17) is 32.9 Å². The molecule has 1 spiro atoms. The first-order valence-electron chi connectivity index (χ1n) is 14.4. The van der Waals surface area contributed by atoms with Crippen LogP contribution in [0.5, 0.6) is 5.75 Å². The van der Waals surface area contributed by atoms with Crippen LogP contribution in [0.2, 0.25) is 10.0 Å². The Morgan fingerprint density at radius 1 is 1.00 bits per heavy atom. The summed E-state index contributed by atoms with van der Waals surface area (Å²) in [6.45, 7) is 11.8. The third-order valence-electron chi connectivity index (χ3n) is 8.43. The molecule has 0 saturated heterocycles. The number of halogens is 2. The van der Waals surface area contributed by atoms with Crippen LogP contribution in [-0.4, -0.2) is 41.6 Å². The largest absolute Gasteiger partial charge is 0.496 e. The van der Waals surface area contributed by atoms with Crippen molar-refractivity contribution in [1.29, 1.82) is 0 Å². The van der Waals surface area contributed by atoms with Gasteiger partial charge < -0.3 is 19.5 Å². The Morgan fingerprint density at radius 3 is 2.37 bits per heavy atom. The van der Waals surface area contributed by atoms with E-state index in [1.54, 1.807) is 36.3 Å². The molecule has 2 aliphatic heterocycles. The Balaban J connectivity index is 1.68. The first-order chi connectivity index (χ1) is 20.6. The van der Waals surface area contributed by atoms with Crippen LogP contribution >= 0.6 is 23.2 Å². The van der Waals surface area contributed by atoms with E-state index in [-0.39, 0.29) is 17.6 Å². The average molecular weight is 619 g/mol. The average Bonchev–Trinajstić information content (AvgIpc) is 3.59. The van der Waals surface area contributed by atoms with Gasteiger partial charge in [0.05, 0.1) is 24.1 Å². The van der Waals surface area contributed by atoms with Crippen molar-refractivity contribution in [3.63, 3.8) is 0 Å². The molecule has 10 heteroatoms. The number of amides is 2. The Morgan fingerprint density at radius 2 is 1.70 bits per heavy atom. The smallest absolute Gasteiger partial charge is 0.280 e. The number of fused-ring (bicyclic) bond motifs is 4. The van der Waals surface area contributed by atoms with Gasteiger partial charge in [-0.2, -0.15) is 0 Å². The summed E-state index contributed by atoms with van der Waals surface area (Å²) in [5.41, 5.74) is 3.39. The van der Waals surface area contributed by atoms with Crippen LogP contribution in [0.15, 0.2) is 54.6 Å². The standard InChI is InChI=1S/C33H33Cl2N5O3/c1-7-38(8-2)22-12-13-23(27(17-22)43-6)30-37-28-29(39(30)18(3)4)33(24-14-11-20(34)15-25(24)36-32(33)42)40(31(28)41)26-16-21(35)10-9-19(26)5/h9-18H,7-8H2,1-6H3,(H,36,42). The van der Waals surface area contributed by atoms with Crippen molar-refractivity contribution in [3.05, 3.63) is 87.2 Å². The highest BCUT2D eigenvalue weighted by molar-refractivity contribution is 6.32. The Bertz CT molecular complexity index is 1800. The fourth-order valence-electron chi connectivity index (χ4n) is 6.48. The minimum absolute atomic E-state index is 0.173. The first kappa shape index (κ1) is 29.1. The molecule has 2 amide bonds. The van der Waals surface area contributed by atoms with Gasteiger partial charge in [0.2, 0.25) is 0 Å². The predicted molar refractivity (Wildman–Crippen MR) is 172 cm³/mol. The summed E-state index contributed by atoms with van der Waals surface area (Å²) in [7, 11) is 1.63. The second kappa shape index (κ2) is 10.6. The van der Waals surface area contributed by atoms with E-state index in [1.807, 2.05) is 55.7 Å². The molecule has 0 fully saturated rings. The van der Waals surface area contributed by atoms with E-state index < -0.39 is 11.4 Å². The summed E-state index contributed by atoms with van der Waals surface area (Å²) < 4.78 is 7.88. The summed E-state index contributed by atoms with van der Waals surface area (Å²) in [6.07, 6.45) is 0. The summed E-state index contributed by atoms with van der Waals surface area (Å²) in [5.74, 6) is 0.418. The van der Waals surface area contributed by atoms with Crippen LogP contribution in [0.4, 0.5) is 17.1 Å². The van der Waals surface area contributed by atoms with Gasteiger partial charge >= 0.3 is 0 Å². The molecule has 1 aromatic heterocycles. The number of ether oxygens (including phenoxy) is 1. The van der Waals surface area contributed by atoms with E-state index in [1.165, 1.54) is 0 Å². The van der Waals surface area contributed by atoms with Gasteiger partial charge in [-0.15, -0.1) is 0 Å². The highest BCUT2D eigenvalue weighted by atomic mass is 35.5. The third-order valence-corrected chi connectivity index (χ3v) is 8.90. The van der Waals surface area contributed by atoms with Crippen LogP contribution in [0.1, 0.15) is 61.0 Å². The Kier molecular flexibility index (Phi) is 7.18. The van der Waals surface area contributed by atoms with Gasteiger partial charge in [-0.25, -0.2) is 4.98 Å². The summed E-state index contributed by atoms with van der Waals surface area (Å²) in [6, 6.07) is 16.4. The van der Waals surface area contributed by atoms with Crippen molar-refractivity contribution < 1.29 is 14.3 Å². The maximum Gasteiger partial charge on any atom is 0.280 e. The quantitative estimate of drug-likeness (QED) is 0.233. The molecule has 4 aromatic rings. The molecule has 2 aliphatic rings. The molecule has 0 saturated carbocycles. The molecule has 0 aliphatic carbocycles. The Hall–Kier alpha value is -4.01. The van der Waals surface area contributed by atoms with Crippen molar-refractivity contribution in [3.8, 4) is 17.1 Å². The molecule has 0 bridgehead atoms. The van der Waals surface area contributed by atoms with Gasteiger partial charge in [0.25, 0.3) is 11.8 Å². The molecule has 3 heterocycles. The maximum absolute atomic E-state index is 14.6. The Labute approximate surface area is 261 Å². The number of methoxy groups -OCH3 is 1. The van der Waals surface area contributed by atoms with Crippen LogP contribution in [0, 0.1) is 6.92 Å². The predicted octanol–water partition coefficient (Wildman–Crippen LogP) is 7.46. The van der Waals surface area contributed by atoms with Crippen molar-refractivity contribution in [2.45, 2.75) is 46.2 Å². The lowest BCUT2D eigenvalue weighted by atomic mass is 9.86. The van der Waals surface area contributed by atoms with E-state index in [2.05, 4.69) is 24.1 Å². The fourth-order valence-corrected chi connectivity index (χ4v) is 6.81. The molecule has 6 rings (SSSR count). The number of anilines is 3. The number of hydrogen-bond donors (Lipinski definition) is 1. The fraction of sp³-hybridized carbons (Fsp3) is 0.303.